The highest BCUT2D eigenvalue weighted by Gasteiger charge is 2.36. The van der Waals surface area contributed by atoms with Gasteiger partial charge in [-0.3, -0.25) is 0 Å². The van der Waals surface area contributed by atoms with Gasteiger partial charge < -0.3 is 9.84 Å². The lowest BCUT2D eigenvalue weighted by atomic mass is 10.2. The van der Waals surface area contributed by atoms with Gasteiger partial charge in [0.1, 0.15) is 5.25 Å². The van der Waals surface area contributed by atoms with Crippen LogP contribution in [0.1, 0.15) is 29.8 Å². The van der Waals surface area contributed by atoms with Crippen molar-refractivity contribution in [2.24, 2.45) is 0 Å². The van der Waals surface area contributed by atoms with E-state index in [2.05, 4.69) is 15.5 Å². The summed E-state index contributed by atoms with van der Waals surface area (Å²) in [6, 6.07) is 0. The Morgan fingerprint density at radius 3 is 3.00 bits per heavy atom. The predicted octanol–water partition coefficient (Wildman–Crippen LogP) is 0.0812. The van der Waals surface area contributed by atoms with Crippen LogP contribution in [0, 0.1) is 0 Å². The van der Waals surface area contributed by atoms with Crippen LogP contribution in [0.15, 0.2) is 4.52 Å². The quantitative estimate of drug-likeness (QED) is 0.808. The minimum Gasteiger partial charge on any atom is -0.338 e. The zero-order chi connectivity index (χ0) is 11.6. The Morgan fingerprint density at radius 2 is 2.38 bits per heavy atom. The lowest BCUT2D eigenvalue weighted by Crippen LogP contribution is -2.11. The van der Waals surface area contributed by atoms with Gasteiger partial charge in [-0.15, -0.1) is 0 Å². The molecule has 1 aromatic rings. The van der Waals surface area contributed by atoms with Crippen LogP contribution in [0.5, 0.6) is 0 Å². The van der Waals surface area contributed by atoms with E-state index in [4.69, 9.17) is 4.52 Å². The van der Waals surface area contributed by atoms with E-state index in [-0.39, 0.29) is 11.6 Å². The minimum atomic E-state index is -3.06. The van der Waals surface area contributed by atoms with Gasteiger partial charge in [-0.05, 0) is 19.9 Å². The van der Waals surface area contributed by atoms with E-state index < -0.39 is 15.1 Å². The van der Waals surface area contributed by atoms with Gasteiger partial charge in [0, 0.05) is 13.0 Å². The van der Waals surface area contributed by atoms with Crippen molar-refractivity contribution in [1.29, 1.82) is 0 Å². The molecule has 1 atom stereocenters. The number of likely N-dealkylation sites (N-methyl/N-ethyl adjacent to an activating group) is 1. The Balaban J connectivity index is 2.13. The summed E-state index contributed by atoms with van der Waals surface area (Å²) in [4.78, 5) is 4.13. The van der Waals surface area contributed by atoms with Crippen LogP contribution in [0.3, 0.4) is 0 Å². The van der Waals surface area contributed by atoms with Crippen LogP contribution in [0.25, 0.3) is 0 Å². The smallest absolute Gasteiger partial charge is 0.244 e. The van der Waals surface area contributed by atoms with Crippen LogP contribution < -0.4 is 5.32 Å². The zero-order valence-corrected chi connectivity index (χ0v) is 9.96. The van der Waals surface area contributed by atoms with Crippen molar-refractivity contribution in [1.82, 2.24) is 15.5 Å². The molecule has 90 valence electrons. The van der Waals surface area contributed by atoms with Crippen LogP contribution in [0.4, 0.5) is 0 Å². The molecule has 0 radical (unpaired) electrons. The summed E-state index contributed by atoms with van der Waals surface area (Å²) >= 11 is 0. The Morgan fingerprint density at radius 1 is 1.56 bits per heavy atom. The van der Waals surface area contributed by atoms with E-state index in [9.17, 15) is 8.42 Å². The van der Waals surface area contributed by atoms with E-state index in [1.54, 1.807) is 0 Å². The highest BCUT2D eigenvalue weighted by molar-refractivity contribution is 7.91. The van der Waals surface area contributed by atoms with E-state index >= 15 is 0 Å². The standard InChI is InChI=1S/C9H15N3O3S/c1-10-5-4-8-11-9(15-12-8)7-3-2-6-16(7,13)14/h7,10H,2-6H2,1H3. The molecule has 1 unspecified atom stereocenters. The first-order valence-electron chi connectivity index (χ1n) is 5.32. The average molecular weight is 245 g/mol. The monoisotopic (exact) mass is 245 g/mol. The van der Waals surface area contributed by atoms with Crippen molar-refractivity contribution in [2.45, 2.75) is 24.5 Å². The second-order valence-electron chi connectivity index (χ2n) is 3.90. The van der Waals surface area contributed by atoms with Gasteiger partial charge in [-0.25, -0.2) is 8.42 Å². The van der Waals surface area contributed by atoms with E-state index in [1.807, 2.05) is 7.05 Å². The molecular formula is C9H15N3O3S. The third-order valence-electron chi connectivity index (χ3n) is 2.69. The summed E-state index contributed by atoms with van der Waals surface area (Å²) in [5.41, 5.74) is 0. The molecule has 1 aliphatic heterocycles. The lowest BCUT2D eigenvalue weighted by Gasteiger charge is -2.01. The third-order valence-corrected chi connectivity index (χ3v) is 4.85. The highest BCUT2D eigenvalue weighted by atomic mass is 32.2. The predicted molar refractivity (Wildman–Crippen MR) is 57.7 cm³/mol. The van der Waals surface area contributed by atoms with Gasteiger partial charge >= 0.3 is 0 Å². The van der Waals surface area contributed by atoms with Crippen molar-refractivity contribution in [3.8, 4) is 0 Å². The van der Waals surface area contributed by atoms with E-state index in [0.717, 1.165) is 6.54 Å². The first kappa shape index (κ1) is 11.5. The summed E-state index contributed by atoms with van der Waals surface area (Å²) in [7, 11) is -1.22. The molecule has 2 rings (SSSR count). The molecule has 1 aromatic heterocycles. The molecule has 0 spiro atoms. The van der Waals surface area contributed by atoms with Gasteiger partial charge in [0.25, 0.3) is 0 Å². The first-order valence-corrected chi connectivity index (χ1v) is 7.03. The molecular weight excluding hydrogens is 230 g/mol. The average Bonchev–Trinajstić information content (AvgIpc) is 2.81. The number of aromatic nitrogens is 2. The molecule has 1 N–H and O–H groups in total. The zero-order valence-electron chi connectivity index (χ0n) is 9.14. The Bertz CT molecular complexity index is 454. The number of nitrogens with zero attached hydrogens (tertiary/aromatic N) is 2. The van der Waals surface area contributed by atoms with Gasteiger partial charge in [-0.1, -0.05) is 5.16 Å². The molecule has 1 fully saturated rings. The molecule has 1 aliphatic rings. The van der Waals surface area contributed by atoms with Crippen LogP contribution in [-0.2, 0) is 16.3 Å². The first-order chi connectivity index (χ1) is 7.63. The molecule has 0 aromatic carbocycles. The topological polar surface area (TPSA) is 85.1 Å². The number of nitrogens with one attached hydrogen (secondary N) is 1. The third kappa shape index (κ3) is 2.25. The Hall–Kier alpha value is -0.950. The molecule has 16 heavy (non-hydrogen) atoms. The van der Waals surface area contributed by atoms with Crippen LogP contribution >= 0.6 is 0 Å². The van der Waals surface area contributed by atoms with Gasteiger partial charge in [0.2, 0.25) is 5.89 Å². The Labute approximate surface area is 94.3 Å². The van der Waals surface area contributed by atoms with Crippen molar-refractivity contribution < 1.29 is 12.9 Å². The fourth-order valence-corrected chi connectivity index (χ4v) is 3.59. The summed E-state index contributed by atoms with van der Waals surface area (Å²) in [5.74, 6) is 1.04. The molecule has 0 aliphatic carbocycles. The second kappa shape index (κ2) is 4.50. The summed E-state index contributed by atoms with van der Waals surface area (Å²) in [6.45, 7) is 0.746. The lowest BCUT2D eigenvalue weighted by molar-refractivity contribution is 0.366. The SMILES string of the molecule is CNCCc1noc(C2CCCS2(=O)=O)n1. The summed E-state index contributed by atoms with van der Waals surface area (Å²) in [6.07, 6.45) is 1.92. The molecule has 2 heterocycles. The highest BCUT2D eigenvalue weighted by Crippen LogP contribution is 2.33. The summed E-state index contributed by atoms with van der Waals surface area (Å²) in [5, 5.41) is 6.16. The van der Waals surface area contributed by atoms with Crippen molar-refractivity contribution in [3.63, 3.8) is 0 Å². The number of rotatable bonds is 4. The minimum absolute atomic E-state index is 0.228. The normalized spacial score (nSPS) is 23.7. The van der Waals surface area contributed by atoms with Crippen molar-refractivity contribution in [3.05, 3.63) is 11.7 Å². The molecule has 7 heteroatoms. The number of hydrogen-bond donors (Lipinski definition) is 1. The van der Waals surface area contributed by atoms with Crippen LogP contribution in [-0.4, -0.2) is 37.9 Å². The van der Waals surface area contributed by atoms with Gasteiger partial charge in [0.15, 0.2) is 15.7 Å². The van der Waals surface area contributed by atoms with Crippen molar-refractivity contribution in [2.75, 3.05) is 19.3 Å². The molecule has 1 saturated heterocycles. The fourth-order valence-electron chi connectivity index (χ4n) is 1.81. The van der Waals surface area contributed by atoms with Crippen molar-refractivity contribution >= 4 is 9.84 Å². The van der Waals surface area contributed by atoms with E-state index in [0.29, 0.717) is 25.1 Å². The maximum Gasteiger partial charge on any atom is 0.244 e. The number of hydrogen-bond acceptors (Lipinski definition) is 6. The molecule has 0 amide bonds. The van der Waals surface area contributed by atoms with E-state index in [1.165, 1.54) is 0 Å². The number of sulfone groups is 1. The Kier molecular flexibility index (Phi) is 3.25. The fraction of sp³-hybridized carbons (Fsp3) is 0.778. The van der Waals surface area contributed by atoms with Gasteiger partial charge in [-0.2, -0.15) is 4.98 Å². The van der Waals surface area contributed by atoms with Gasteiger partial charge in [0.05, 0.1) is 5.75 Å². The largest absolute Gasteiger partial charge is 0.338 e. The molecule has 0 saturated carbocycles. The molecule has 0 bridgehead atoms. The maximum atomic E-state index is 11.6. The molecule has 6 nitrogen and oxygen atoms in total. The van der Waals surface area contributed by atoms with Crippen LogP contribution in [0.2, 0.25) is 0 Å². The summed E-state index contributed by atoms with van der Waals surface area (Å²) < 4.78 is 28.3. The maximum absolute atomic E-state index is 11.6. The second-order valence-corrected chi connectivity index (χ2v) is 6.20.